The lowest BCUT2D eigenvalue weighted by Gasteiger charge is -2.25. The number of hydrogen-bond donors (Lipinski definition) is 1. The lowest BCUT2D eigenvalue weighted by molar-refractivity contribution is -0.132. The molecule has 4 rings (SSSR count). The zero-order valence-electron chi connectivity index (χ0n) is 16.7. The van der Waals surface area contributed by atoms with Gasteiger partial charge in [0, 0.05) is 11.3 Å². The van der Waals surface area contributed by atoms with Crippen LogP contribution in [0.3, 0.4) is 0 Å². The van der Waals surface area contributed by atoms with E-state index in [9.17, 15) is 14.7 Å². The van der Waals surface area contributed by atoms with Gasteiger partial charge in [-0.05, 0) is 48.4 Å². The van der Waals surface area contributed by atoms with Crippen LogP contribution in [0.5, 0.6) is 5.75 Å². The topological polar surface area (TPSA) is 66.8 Å². The van der Waals surface area contributed by atoms with Gasteiger partial charge in [-0.2, -0.15) is 0 Å². The van der Waals surface area contributed by atoms with E-state index in [1.807, 2.05) is 55.5 Å². The van der Waals surface area contributed by atoms with Gasteiger partial charge in [0.15, 0.2) is 0 Å². The van der Waals surface area contributed by atoms with Crippen LogP contribution in [-0.4, -0.2) is 23.9 Å². The molecule has 0 spiro atoms. The van der Waals surface area contributed by atoms with Gasteiger partial charge in [0.2, 0.25) is 0 Å². The minimum atomic E-state index is -0.727. The van der Waals surface area contributed by atoms with Crippen molar-refractivity contribution in [3.63, 3.8) is 0 Å². The van der Waals surface area contributed by atoms with E-state index in [4.69, 9.17) is 4.74 Å². The van der Waals surface area contributed by atoms with Crippen molar-refractivity contribution in [3.05, 3.63) is 101 Å². The van der Waals surface area contributed by atoms with E-state index in [2.05, 4.69) is 0 Å². The Morgan fingerprint density at radius 1 is 0.933 bits per heavy atom. The summed E-state index contributed by atoms with van der Waals surface area (Å²) in [5, 5.41) is 11.2. The molecule has 0 aliphatic carbocycles. The number of carbonyl (C=O) groups excluding carboxylic acids is 2. The monoisotopic (exact) mass is 399 g/mol. The maximum absolute atomic E-state index is 13.1. The fraction of sp³-hybridized carbons (Fsp3) is 0.120. The first-order chi connectivity index (χ1) is 14.5. The highest BCUT2D eigenvalue weighted by molar-refractivity contribution is 6.51. The van der Waals surface area contributed by atoms with Crippen molar-refractivity contribution >= 4 is 23.1 Å². The van der Waals surface area contributed by atoms with Crippen molar-refractivity contribution in [2.45, 2.75) is 13.0 Å². The molecule has 3 aromatic carbocycles. The number of ketones is 1. The van der Waals surface area contributed by atoms with Crippen molar-refractivity contribution in [1.82, 2.24) is 0 Å². The van der Waals surface area contributed by atoms with Crippen molar-refractivity contribution in [3.8, 4) is 5.75 Å². The lowest BCUT2D eigenvalue weighted by atomic mass is 9.94. The maximum Gasteiger partial charge on any atom is 0.300 e. The summed E-state index contributed by atoms with van der Waals surface area (Å²) < 4.78 is 5.23. The number of amides is 1. The Labute approximate surface area is 174 Å². The first kappa shape index (κ1) is 19.5. The molecule has 30 heavy (non-hydrogen) atoms. The minimum Gasteiger partial charge on any atom is -0.507 e. The number of aliphatic hydroxyl groups excluding tert-OH is 1. The van der Waals surface area contributed by atoms with Crippen LogP contribution in [0, 0.1) is 6.92 Å². The van der Waals surface area contributed by atoms with Crippen LogP contribution >= 0.6 is 0 Å². The Hall–Kier alpha value is -3.86. The SMILES string of the molecule is COc1ccc(/C(O)=C2/C(=O)C(=O)N(c3ccccc3)C2c2ccccc2)c(C)c1. The molecule has 0 saturated carbocycles. The third-order valence-electron chi connectivity index (χ3n) is 5.28. The van der Waals surface area contributed by atoms with Gasteiger partial charge < -0.3 is 9.84 Å². The standard InChI is InChI=1S/C25H21NO4/c1-16-15-19(30-2)13-14-20(16)23(27)21-22(17-9-5-3-6-10-17)26(25(29)24(21)28)18-11-7-4-8-12-18/h3-15,22,27H,1-2H3/b23-21-. The second-order valence-corrected chi connectivity index (χ2v) is 7.10. The summed E-state index contributed by atoms with van der Waals surface area (Å²) in [7, 11) is 1.56. The first-order valence-electron chi connectivity index (χ1n) is 9.59. The zero-order valence-corrected chi connectivity index (χ0v) is 16.7. The summed E-state index contributed by atoms with van der Waals surface area (Å²) in [5.41, 5.74) is 2.64. The van der Waals surface area contributed by atoms with E-state index in [1.165, 1.54) is 4.90 Å². The normalized spacial score (nSPS) is 17.9. The third-order valence-corrected chi connectivity index (χ3v) is 5.28. The molecule has 1 fully saturated rings. The summed E-state index contributed by atoms with van der Waals surface area (Å²) in [6, 6.07) is 22.7. The second-order valence-electron chi connectivity index (χ2n) is 7.10. The molecule has 1 aliphatic heterocycles. The number of rotatable bonds is 4. The molecule has 1 heterocycles. The molecule has 1 amide bonds. The van der Waals surface area contributed by atoms with E-state index in [0.29, 0.717) is 17.0 Å². The maximum atomic E-state index is 13.1. The number of hydrogen-bond acceptors (Lipinski definition) is 4. The third kappa shape index (κ3) is 3.24. The van der Waals surface area contributed by atoms with Crippen LogP contribution in [0.25, 0.3) is 5.76 Å². The predicted molar refractivity (Wildman–Crippen MR) is 115 cm³/mol. The molecule has 1 atom stereocenters. The highest BCUT2D eigenvalue weighted by atomic mass is 16.5. The Balaban J connectivity index is 1.94. The number of methoxy groups -OCH3 is 1. The van der Waals surface area contributed by atoms with Crippen LogP contribution in [0.15, 0.2) is 84.4 Å². The van der Waals surface area contributed by atoms with E-state index in [0.717, 1.165) is 11.1 Å². The predicted octanol–water partition coefficient (Wildman–Crippen LogP) is 4.63. The second kappa shape index (κ2) is 7.87. The summed E-state index contributed by atoms with van der Waals surface area (Å²) in [6.45, 7) is 1.82. The summed E-state index contributed by atoms with van der Waals surface area (Å²) in [4.78, 5) is 27.6. The molecule has 0 radical (unpaired) electrons. The number of aliphatic hydroxyl groups is 1. The average Bonchev–Trinajstić information content (AvgIpc) is 3.05. The van der Waals surface area contributed by atoms with Crippen molar-refractivity contribution < 1.29 is 19.4 Å². The Morgan fingerprint density at radius 3 is 2.17 bits per heavy atom. The number of para-hydroxylation sites is 1. The molecule has 1 saturated heterocycles. The van der Waals surface area contributed by atoms with Gasteiger partial charge in [0.1, 0.15) is 11.5 Å². The first-order valence-corrected chi connectivity index (χ1v) is 9.59. The van der Waals surface area contributed by atoms with Crippen molar-refractivity contribution in [2.75, 3.05) is 12.0 Å². The highest BCUT2D eigenvalue weighted by Crippen LogP contribution is 2.42. The van der Waals surface area contributed by atoms with Crippen LogP contribution in [0.1, 0.15) is 22.7 Å². The van der Waals surface area contributed by atoms with Crippen LogP contribution in [0.4, 0.5) is 5.69 Å². The Morgan fingerprint density at radius 2 is 1.57 bits per heavy atom. The summed E-state index contributed by atoms with van der Waals surface area (Å²) in [5.74, 6) is -0.919. The molecule has 1 unspecified atom stereocenters. The van der Waals surface area contributed by atoms with Gasteiger partial charge >= 0.3 is 0 Å². The molecule has 0 bridgehead atoms. The van der Waals surface area contributed by atoms with Crippen LogP contribution < -0.4 is 9.64 Å². The van der Waals surface area contributed by atoms with Crippen molar-refractivity contribution in [2.24, 2.45) is 0 Å². The summed E-state index contributed by atoms with van der Waals surface area (Å²) >= 11 is 0. The number of ether oxygens (including phenoxy) is 1. The smallest absolute Gasteiger partial charge is 0.300 e. The average molecular weight is 399 g/mol. The van der Waals surface area contributed by atoms with Gasteiger partial charge in [-0.1, -0.05) is 48.5 Å². The van der Waals surface area contributed by atoms with Gasteiger partial charge in [-0.3, -0.25) is 14.5 Å². The fourth-order valence-electron chi connectivity index (χ4n) is 3.81. The quantitative estimate of drug-likeness (QED) is 0.395. The number of nitrogens with zero attached hydrogens (tertiary/aromatic N) is 1. The van der Waals surface area contributed by atoms with Crippen molar-refractivity contribution in [1.29, 1.82) is 0 Å². The lowest BCUT2D eigenvalue weighted by Crippen LogP contribution is -2.29. The van der Waals surface area contributed by atoms with E-state index >= 15 is 0 Å². The van der Waals surface area contributed by atoms with E-state index in [-0.39, 0.29) is 11.3 Å². The van der Waals surface area contributed by atoms with Gasteiger partial charge in [0.05, 0.1) is 18.7 Å². The van der Waals surface area contributed by atoms with E-state index < -0.39 is 17.7 Å². The molecule has 150 valence electrons. The Bertz CT molecular complexity index is 1140. The molecule has 0 aromatic heterocycles. The molecule has 1 N–H and O–H groups in total. The molecule has 3 aromatic rings. The highest BCUT2D eigenvalue weighted by Gasteiger charge is 2.46. The Kier molecular flexibility index (Phi) is 5.11. The molecule has 5 heteroatoms. The van der Waals surface area contributed by atoms with Gasteiger partial charge in [0.25, 0.3) is 11.7 Å². The van der Waals surface area contributed by atoms with Crippen LogP contribution in [-0.2, 0) is 9.59 Å². The minimum absolute atomic E-state index is 0.0725. The number of carbonyl (C=O) groups is 2. The largest absolute Gasteiger partial charge is 0.507 e. The van der Waals surface area contributed by atoms with Crippen LogP contribution in [0.2, 0.25) is 0 Å². The number of Topliss-reactive ketones (excluding diaryl/α,β-unsaturated/α-hetero) is 1. The summed E-state index contributed by atoms with van der Waals surface area (Å²) in [6.07, 6.45) is 0. The zero-order chi connectivity index (χ0) is 21.3. The number of benzene rings is 3. The fourth-order valence-corrected chi connectivity index (χ4v) is 3.81. The van der Waals surface area contributed by atoms with E-state index in [1.54, 1.807) is 37.4 Å². The molecule has 5 nitrogen and oxygen atoms in total. The van der Waals surface area contributed by atoms with Gasteiger partial charge in [-0.25, -0.2) is 0 Å². The molecule has 1 aliphatic rings. The van der Waals surface area contributed by atoms with Gasteiger partial charge in [-0.15, -0.1) is 0 Å². The molecular weight excluding hydrogens is 378 g/mol. The molecular formula is C25H21NO4. The number of aryl methyl sites for hydroxylation is 1. The number of anilines is 1.